The van der Waals surface area contributed by atoms with Gasteiger partial charge in [-0.05, 0) is 66.8 Å². The average Bonchev–Trinajstić information content (AvgIpc) is 3.14. The van der Waals surface area contributed by atoms with Crippen LogP contribution in [0.5, 0.6) is 5.75 Å². The first-order chi connectivity index (χ1) is 16.1. The molecule has 2 aliphatic rings. The molecule has 0 amide bonds. The lowest BCUT2D eigenvalue weighted by Gasteiger charge is -2.29. The molecule has 0 saturated carbocycles. The van der Waals surface area contributed by atoms with Gasteiger partial charge < -0.3 is 19.0 Å². The first-order valence-corrected chi connectivity index (χ1v) is 11.2. The summed E-state index contributed by atoms with van der Waals surface area (Å²) >= 11 is 0. The maximum absolute atomic E-state index is 13.3. The number of imidazole rings is 1. The third-order valence-corrected chi connectivity index (χ3v) is 6.16. The van der Waals surface area contributed by atoms with E-state index in [0.717, 1.165) is 72.0 Å². The van der Waals surface area contributed by atoms with Crippen molar-refractivity contribution >= 4 is 11.9 Å². The number of hydrogen-bond acceptors (Lipinski definition) is 5. The van der Waals surface area contributed by atoms with Gasteiger partial charge in [-0.25, -0.2) is 9.37 Å². The van der Waals surface area contributed by atoms with Crippen molar-refractivity contribution in [1.82, 2.24) is 14.5 Å². The lowest BCUT2D eigenvalue weighted by molar-refractivity contribution is 0.0576. The summed E-state index contributed by atoms with van der Waals surface area (Å²) in [6.45, 7) is 3.77. The number of hydrogen-bond donors (Lipinski definition) is 0. The molecule has 0 aliphatic carbocycles. The second-order valence-corrected chi connectivity index (χ2v) is 8.46. The summed E-state index contributed by atoms with van der Waals surface area (Å²) in [5.74, 6) is 1.43. The van der Waals surface area contributed by atoms with Gasteiger partial charge in [-0.15, -0.1) is 0 Å². The van der Waals surface area contributed by atoms with Gasteiger partial charge in [-0.3, -0.25) is 0 Å². The van der Waals surface area contributed by atoms with E-state index in [9.17, 15) is 4.39 Å². The topological polar surface area (TPSA) is 51.9 Å². The van der Waals surface area contributed by atoms with Crippen molar-refractivity contribution < 1.29 is 14.0 Å². The molecule has 3 aromatic rings. The lowest BCUT2D eigenvalue weighted by atomic mass is 9.99. The van der Waals surface area contributed by atoms with Crippen LogP contribution in [0.4, 0.5) is 4.39 Å². The molecule has 1 aromatic heterocycles. The molecule has 0 N–H and O–H groups in total. The summed E-state index contributed by atoms with van der Waals surface area (Å²) in [5.41, 5.74) is 5.04. The second kappa shape index (κ2) is 10.1. The molecule has 0 unspecified atom stereocenters. The van der Waals surface area contributed by atoms with Crippen LogP contribution >= 0.6 is 0 Å². The van der Waals surface area contributed by atoms with Gasteiger partial charge >= 0.3 is 0 Å². The van der Waals surface area contributed by atoms with Gasteiger partial charge in [0.05, 0.1) is 24.8 Å². The summed E-state index contributed by atoms with van der Waals surface area (Å²) in [7, 11) is 1.68. The van der Waals surface area contributed by atoms with Crippen LogP contribution in [0, 0.1) is 12.7 Å². The van der Waals surface area contributed by atoms with E-state index in [1.807, 2.05) is 29.8 Å². The third kappa shape index (κ3) is 4.83. The van der Waals surface area contributed by atoms with Crippen molar-refractivity contribution in [3.63, 3.8) is 0 Å². The van der Waals surface area contributed by atoms with Crippen molar-refractivity contribution in [1.29, 1.82) is 0 Å². The third-order valence-electron chi connectivity index (χ3n) is 6.16. The number of halogens is 1. The zero-order valence-electron chi connectivity index (χ0n) is 18.9. The number of nitrogens with zero attached hydrogens (tertiary/aromatic N) is 4. The fourth-order valence-corrected chi connectivity index (χ4v) is 4.45. The lowest BCUT2D eigenvalue weighted by Crippen LogP contribution is -2.37. The molecule has 1 atom stereocenters. The van der Waals surface area contributed by atoms with Crippen LogP contribution in [-0.2, 0) is 4.84 Å². The van der Waals surface area contributed by atoms with Crippen LogP contribution in [0.25, 0.3) is 11.8 Å². The Hall–Kier alpha value is -3.61. The minimum absolute atomic E-state index is 0. The highest BCUT2D eigenvalue weighted by Crippen LogP contribution is 2.31. The molecule has 6 nitrogen and oxygen atoms in total. The summed E-state index contributed by atoms with van der Waals surface area (Å²) in [5, 5.41) is 4.55. The zero-order chi connectivity index (χ0) is 22.8. The number of ether oxygens (including phenoxy) is 1. The van der Waals surface area contributed by atoms with Crippen LogP contribution < -0.4 is 4.74 Å². The Balaban J connectivity index is 0.00000274. The van der Waals surface area contributed by atoms with E-state index in [2.05, 4.69) is 27.2 Å². The predicted molar refractivity (Wildman–Crippen MR) is 133 cm³/mol. The number of rotatable bonds is 4. The molecule has 1 saturated heterocycles. The van der Waals surface area contributed by atoms with Gasteiger partial charge in [0.25, 0.3) is 0 Å². The van der Waals surface area contributed by atoms with E-state index in [-0.39, 0.29) is 19.3 Å². The molecular weight excluding hydrogens is 431 g/mol. The van der Waals surface area contributed by atoms with E-state index in [4.69, 9.17) is 9.57 Å². The summed E-state index contributed by atoms with van der Waals surface area (Å²) < 4.78 is 20.9. The molecule has 2 aliphatic heterocycles. The van der Waals surface area contributed by atoms with Crippen molar-refractivity contribution in [2.24, 2.45) is 5.16 Å². The van der Waals surface area contributed by atoms with Crippen molar-refractivity contribution in [2.75, 3.05) is 20.2 Å². The Labute approximate surface area is 200 Å². The van der Waals surface area contributed by atoms with Crippen molar-refractivity contribution in [3.8, 4) is 11.4 Å². The SMILES string of the molecule is C.COc1cc(/C=C2\CCCN3CC[C@H](c4ccc(F)cc4)ON=C23)ccc1-n1cnc(C)c1. The van der Waals surface area contributed by atoms with Gasteiger partial charge in [0, 0.05) is 25.7 Å². The van der Waals surface area contributed by atoms with E-state index >= 15 is 0 Å². The fraction of sp³-hybridized carbons (Fsp3) is 0.333. The molecule has 34 heavy (non-hydrogen) atoms. The molecule has 2 aromatic carbocycles. The minimum Gasteiger partial charge on any atom is -0.495 e. The number of fused-ring (bicyclic) bond motifs is 1. The summed E-state index contributed by atoms with van der Waals surface area (Å²) in [6.07, 6.45) is 8.56. The quantitative estimate of drug-likeness (QED) is 0.483. The standard InChI is InChI=1S/C26H27FN4O2.CH4/c1-18-16-31(17-28-18)23-10-5-19(15-25(23)32-2)14-21-4-3-12-30-13-11-24(33-29-26(21)30)20-6-8-22(27)9-7-20;/h5-10,14-17,24H,3-4,11-13H2,1-2H3;1H4/b21-14+;/t24-;/m1./s1. The minimum atomic E-state index is -0.244. The van der Waals surface area contributed by atoms with Gasteiger partial charge in [0.1, 0.15) is 11.6 Å². The molecule has 7 heteroatoms. The Morgan fingerprint density at radius 3 is 2.71 bits per heavy atom. The monoisotopic (exact) mass is 462 g/mol. The van der Waals surface area contributed by atoms with E-state index in [1.54, 1.807) is 25.6 Å². The summed E-state index contributed by atoms with van der Waals surface area (Å²) in [6, 6.07) is 12.7. The van der Waals surface area contributed by atoms with Gasteiger partial charge in [-0.2, -0.15) is 0 Å². The molecule has 5 rings (SSSR count). The van der Waals surface area contributed by atoms with Crippen LogP contribution in [0.2, 0.25) is 0 Å². The molecular formula is C27H31FN4O2. The maximum atomic E-state index is 13.3. The first kappa shape index (κ1) is 23.5. The Morgan fingerprint density at radius 1 is 1.15 bits per heavy atom. The highest BCUT2D eigenvalue weighted by Gasteiger charge is 2.27. The molecule has 178 valence electrons. The van der Waals surface area contributed by atoms with Crippen molar-refractivity contribution in [2.45, 2.75) is 39.7 Å². The maximum Gasteiger partial charge on any atom is 0.171 e. The van der Waals surface area contributed by atoms with Gasteiger partial charge in [0.15, 0.2) is 11.9 Å². The Morgan fingerprint density at radius 2 is 1.97 bits per heavy atom. The van der Waals surface area contributed by atoms with Crippen LogP contribution in [-0.4, -0.2) is 40.5 Å². The fourth-order valence-electron chi connectivity index (χ4n) is 4.45. The Kier molecular flexibility index (Phi) is 7.01. The van der Waals surface area contributed by atoms with Gasteiger partial charge in [-0.1, -0.05) is 30.8 Å². The van der Waals surface area contributed by atoms with E-state index < -0.39 is 0 Å². The molecule has 0 radical (unpaired) electrons. The largest absolute Gasteiger partial charge is 0.495 e. The number of aromatic nitrogens is 2. The molecule has 0 spiro atoms. The molecule has 3 heterocycles. The number of amidine groups is 1. The predicted octanol–water partition coefficient (Wildman–Crippen LogP) is 5.92. The first-order valence-electron chi connectivity index (χ1n) is 11.2. The second-order valence-electron chi connectivity index (χ2n) is 8.46. The van der Waals surface area contributed by atoms with Crippen LogP contribution in [0.1, 0.15) is 49.6 Å². The number of aryl methyl sites for hydroxylation is 1. The van der Waals surface area contributed by atoms with E-state index in [1.165, 1.54) is 12.1 Å². The average molecular weight is 463 g/mol. The number of methoxy groups -OCH3 is 1. The highest BCUT2D eigenvalue weighted by molar-refractivity contribution is 6.02. The Bertz CT molecular complexity index is 1200. The normalized spacial score (nSPS) is 18.9. The van der Waals surface area contributed by atoms with E-state index in [0.29, 0.717) is 0 Å². The van der Waals surface area contributed by atoms with Crippen LogP contribution in [0.3, 0.4) is 0 Å². The number of piperidine rings is 1. The molecule has 1 fully saturated rings. The number of oxime groups is 1. The smallest absolute Gasteiger partial charge is 0.171 e. The summed E-state index contributed by atoms with van der Waals surface area (Å²) in [4.78, 5) is 12.5. The molecule has 0 bridgehead atoms. The number of benzene rings is 2. The highest BCUT2D eigenvalue weighted by atomic mass is 19.1. The van der Waals surface area contributed by atoms with Gasteiger partial charge in [0.2, 0.25) is 0 Å². The van der Waals surface area contributed by atoms with Crippen molar-refractivity contribution in [3.05, 3.63) is 83.2 Å². The van der Waals surface area contributed by atoms with Crippen LogP contribution in [0.15, 0.2) is 65.7 Å². The zero-order valence-corrected chi connectivity index (χ0v) is 18.9.